The van der Waals surface area contributed by atoms with E-state index in [9.17, 15) is 4.79 Å². The van der Waals surface area contributed by atoms with Crippen molar-refractivity contribution in [3.05, 3.63) is 64.6 Å². The number of carbonyl (C=O) groups is 1. The number of rotatable bonds is 3. The Morgan fingerprint density at radius 1 is 1.08 bits per heavy atom. The Morgan fingerprint density at radius 2 is 1.88 bits per heavy atom. The van der Waals surface area contributed by atoms with Gasteiger partial charge in [0, 0.05) is 11.1 Å². The van der Waals surface area contributed by atoms with Gasteiger partial charge < -0.3 is 10.6 Å². The predicted molar refractivity (Wildman–Crippen MR) is 112 cm³/mol. The van der Waals surface area contributed by atoms with Crippen LogP contribution in [0.4, 0.5) is 17.1 Å². The van der Waals surface area contributed by atoms with Crippen molar-refractivity contribution in [2.24, 2.45) is 4.99 Å². The van der Waals surface area contributed by atoms with Gasteiger partial charge in [-0.15, -0.1) is 0 Å². The minimum atomic E-state index is -0.144. The molecule has 0 aromatic heterocycles. The monoisotopic (exact) mass is 401 g/mol. The second-order valence-electron chi connectivity index (χ2n) is 5.69. The molecule has 0 saturated carbocycles. The van der Waals surface area contributed by atoms with Crippen LogP contribution < -0.4 is 10.6 Å². The van der Waals surface area contributed by atoms with Gasteiger partial charge in [0.1, 0.15) is 0 Å². The number of hydrogen-bond acceptors (Lipinski definition) is 4. The molecule has 0 fully saturated rings. The maximum absolute atomic E-state index is 12.2. The van der Waals surface area contributed by atoms with Crippen molar-refractivity contribution in [3.8, 4) is 0 Å². The maximum atomic E-state index is 12.2. The summed E-state index contributed by atoms with van der Waals surface area (Å²) in [6.07, 6.45) is 0. The zero-order valence-corrected chi connectivity index (χ0v) is 15.8. The number of benzene rings is 3. The van der Waals surface area contributed by atoms with E-state index in [0.717, 1.165) is 22.1 Å². The first-order valence-electron chi connectivity index (χ1n) is 7.85. The number of carbonyl (C=O) groups excluding carboxylic acids is 1. The van der Waals surface area contributed by atoms with E-state index in [1.807, 2.05) is 24.3 Å². The number of amides is 1. The average molecular weight is 402 g/mol. The van der Waals surface area contributed by atoms with Crippen LogP contribution in [0.15, 0.2) is 59.6 Å². The van der Waals surface area contributed by atoms with E-state index in [-0.39, 0.29) is 11.7 Å². The number of amidine groups is 1. The number of hydrogen-bond donors (Lipinski definition) is 2. The van der Waals surface area contributed by atoms with Gasteiger partial charge in [0.15, 0.2) is 5.17 Å². The molecule has 0 saturated heterocycles. The van der Waals surface area contributed by atoms with E-state index >= 15 is 0 Å². The summed E-state index contributed by atoms with van der Waals surface area (Å²) in [7, 11) is 0. The highest BCUT2D eigenvalue weighted by molar-refractivity contribution is 8.14. The average Bonchev–Trinajstić information content (AvgIpc) is 2.64. The smallest absolute Gasteiger partial charge is 0.234 e. The number of aliphatic imine (C=N–C) groups is 1. The highest BCUT2D eigenvalue weighted by atomic mass is 35.5. The zero-order valence-electron chi connectivity index (χ0n) is 13.4. The van der Waals surface area contributed by atoms with Crippen LogP contribution >= 0.6 is 35.0 Å². The molecule has 1 aliphatic rings. The third kappa shape index (κ3) is 3.51. The van der Waals surface area contributed by atoms with Crippen LogP contribution in [-0.4, -0.2) is 16.8 Å². The minimum Gasteiger partial charge on any atom is -0.334 e. The van der Waals surface area contributed by atoms with Gasteiger partial charge >= 0.3 is 0 Å². The fourth-order valence-electron chi connectivity index (χ4n) is 2.74. The molecule has 1 aliphatic heterocycles. The van der Waals surface area contributed by atoms with Crippen LogP contribution in [0.2, 0.25) is 10.0 Å². The van der Waals surface area contributed by atoms with Gasteiger partial charge in [-0.05, 0) is 35.7 Å². The van der Waals surface area contributed by atoms with Crippen LogP contribution in [0.5, 0.6) is 0 Å². The third-order valence-electron chi connectivity index (χ3n) is 3.89. The molecule has 3 aromatic carbocycles. The summed E-state index contributed by atoms with van der Waals surface area (Å²) in [6.45, 7) is 0. The van der Waals surface area contributed by atoms with Gasteiger partial charge in [-0.25, -0.2) is 4.99 Å². The molecule has 3 aromatic rings. The lowest BCUT2D eigenvalue weighted by atomic mass is 10.1. The van der Waals surface area contributed by atoms with Crippen LogP contribution in [0, 0.1) is 0 Å². The molecule has 4 rings (SSSR count). The summed E-state index contributed by atoms with van der Waals surface area (Å²) < 4.78 is 0. The van der Waals surface area contributed by atoms with Crippen molar-refractivity contribution in [1.82, 2.24) is 0 Å². The first kappa shape index (κ1) is 17.2. The van der Waals surface area contributed by atoms with E-state index in [0.29, 0.717) is 20.9 Å². The number of halogens is 2. The van der Waals surface area contributed by atoms with Crippen molar-refractivity contribution < 1.29 is 4.79 Å². The molecule has 0 bridgehead atoms. The van der Waals surface area contributed by atoms with Gasteiger partial charge in [0.25, 0.3) is 0 Å². The van der Waals surface area contributed by atoms with Crippen LogP contribution in [0.25, 0.3) is 10.8 Å². The van der Waals surface area contributed by atoms with Crippen LogP contribution in [0.3, 0.4) is 0 Å². The van der Waals surface area contributed by atoms with E-state index in [2.05, 4.69) is 27.8 Å². The SMILES string of the molecule is O=C(CSC1=Nc2cccc3cccc(c23)N1)Nc1ccc(Cl)c(Cl)c1. The largest absolute Gasteiger partial charge is 0.334 e. The van der Waals surface area contributed by atoms with Crippen LogP contribution in [0.1, 0.15) is 0 Å². The Labute approximate surface area is 164 Å². The fraction of sp³-hybridized carbons (Fsp3) is 0.0526. The number of nitrogens with zero attached hydrogens (tertiary/aromatic N) is 1. The van der Waals surface area contributed by atoms with Gasteiger partial charge in [0.05, 0.1) is 27.2 Å². The standard InChI is InChI=1S/C19H13Cl2N3OS/c20-13-8-7-12(9-14(13)21)22-17(25)10-26-19-23-15-5-1-3-11-4-2-6-16(24-19)18(11)15/h1-9H,10H2,(H,22,25)(H,23,24). The van der Waals surface area contributed by atoms with Crippen molar-refractivity contribution >= 4 is 73.9 Å². The van der Waals surface area contributed by atoms with Gasteiger partial charge in [-0.3, -0.25) is 4.79 Å². The molecular formula is C19H13Cl2N3OS. The molecular weight excluding hydrogens is 389 g/mol. The Kier molecular flexibility index (Phi) is 4.76. The number of thioether (sulfide) groups is 1. The molecule has 2 N–H and O–H groups in total. The van der Waals surface area contributed by atoms with E-state index in [1.165, 1.54) is 11.8 Å². The second kappa shape index (κ2) is 7.19. The summed E-state index contributed by atoms with van der Waals surface area (Å²) in [5.74, 6) is 0.0829. The molecule has 0 radical (unpaired) electrons. The first-order valence-corrected chi connectivity index (χ1v) is 9.59. The summed E-state index contributed by atoms with van der Waals surface area (Å²) in [5, 5.41) is 9.88. The van der Waals surface area contributed by atoms with Crippen LogP contribution in [-0.2, 0) is 4.79 Å². The topological polar surface area (TPSA) is 53.5 Å². The minimum absolute atomic E-state index is 0.144. The normalized spacial score (nSPS) is 12.5. The second-order valence-corrected chi connectivity index (χ2v) is 7.47. The first-order chi connectivity index (χ1) is 12.6. The van der Waals surface area contributed by atoms with E-state index < -0.39 is 0 Å². The summed E-state index contributed by atoms with van der Waals surface area (Å²) in [4.78, 5) is 16.8. The molecule has 0 atom stereocenters. The summed E-state index contributed by atoms with van der Waals surface area (Å²) >= 11 is 13.2. The van der Waals surface area contributed by atoms with Crippen molar-refractivity contribution in [2.45, 2.75) is 0 Å². The van der Waals surface area contributed by atoms with Crippen molar-refractivity contribution in [2.75, 3.05) is 16.4 Å². The lowest BCUT2D eigenvalue weighted by Crippen LogP contribution is -2.18. The fourth-order valence-corrected chi connectivity index (χ4v) is 3.73. The Bertz CT molecular complexity index is 1050. The molecule has 7 heteroatoms. The molecule has 4 nitrogen and oxygen atoms in total. The van der Waals surface area contributed by atoms with E-state index in [1.54, 1.807) is 18.2 Å². The van der Waals surface area contributed by atoms with E-state index in [4.69, 9.17) is 23.2 Å². The van der Waals surface area contributed by atoms with Crippen molar-refractivity contribution in [3.63, 3.8) is 0 Å². The molecule has 1 amide bonds. The molecule has 1 heterocycles. The summed E-state index contributed by atoms with van der Waals surface area (Å²) in [6, 6.07) is 17.1. The lowest BCUT2D eigenvalue weighted by Gasteiger charge is -2.18. The predicted octanol–water partition coefficient (Wildman–Crippen LogP) is 5.93. The highest BCUT2D eigenvalue weighted by Gasteiger charge is 2.15. The molecule has 0 unspecified atom stereocenters. The van der Waals surface area contributed by atoms with Gasteiger partial charge in [0.2, 0.25) is 5.91 Å². The molecule has 26 heavy (non-hydrogen) atoms. The van der Waals surface area contributed by atoms with Gasteiger partial charge in [-0.1, -0.05) is 59.2 Å². The quantitative estimate of drug-likeness (QED) is 0.571. The third-order valence-corrected chi connectivity index (χ3v) is 5.50. The Hall–Kier alpha value is -2.21. The highest BCUT2D eigenvalue weighted by Crippen LogP contribution is 2.36. The lowest BCUT2D eigenvalue weighted by molar-refractivity contribution is -0.113. The Morgan fingerprint density at radius 3 is 2.69 bits per heavy atom. The Balaban J connectivity index is 1.45. The number of nitrogens with one attached hydrogen (secondary N) is 2. The van der Waals surface area contributed by atoms with Crippen molar-refractivity contribution in [1.29, 1.82) is 0 Å². The maximum Gasteiger partial charge on any atom is 0.234 e. The molecule has 0 aliphatic carbocycles. The zero-order chi connectivity index (χ0) is 18.1. The summed E-state index contributed by atoms with van der Waals surface area (Å²) in [5.41, 5.74) is 2.52. The number of anilines is 2. The molecule has 130 valence electrons. The van der Waals surface area contributed by atoms with Gasteiger partial charge in [-0.2, -0.15) is 0 Å². The molecule has 0 spiro atoms.